The zero-order valence-electron chi connectivity index (χ0n) is 33.1. The third-order valence-electron chi connectivity index (χ3n) is 8.02. The monoisotopic (exact) mass is 788 g/mol. The van der Waals surface area contributed by atoms with Crippen molar-refractivity contribution >= 4 is 24.6 Å². The molecule has 14 nitrogen and oxygen atoms in total. The van der Waals surface area contributed by atoms with Crippen LogP contribution in [0, 0.1) is 0 Å². The predicted octanol–water partition coefficient (Wildman–Crippen LogP) is 6.66. The Morgan fingerprint density at radius 3 is 1.40 bits per heavy atom. The molecule has 6 rings (SSSR count). The van der Waals surface area contributed by atoms with Gasteiger partial charge in [0, 0.05) is 57.6 Å². The molecular weight excluding hydrogens is 728 g/mol. The largest absolute Gasteiger partial charge is 0.506 e. The topological polar surface area (TPSA) is 169 Å². The number of hydrogen-bond donors (Lipinski definition) is 3. The molecule has 6 heterocycles. The summed E-state index contributed by atoms with van der Waals surface area (Å²) in [4.78, 5) is 38.5. The molecule has 0 aromatic carbocycles. The molecule has 3 fully saturated rings. The highest BCUT2D eigenvalue weighted by atomic mass is 35.5. The fourth-order valence-corrected chi connectivity index (χ4v) is 5.34. The van der Waals surface area contributed by atoms with Crippen molar-refractivity contribution in [3.63, 3.8) is 0 Å². The van der Waals surface area contributed by atoms with Gasteiger partial charge in [-0.25, -0.2) is 9.59 Å². The molecule has 0 saturated carbocycles. The van der Waals surface area contributed by atoms with Crippen LogP contribution in [0.15, 0.2) is 73.6 Å². The van der Waals surface area contributed by atoms with E-state index in [1.165, 1.54) is 6.20 Å². The van der Waals surface area contributed by atoms with Crippen molar-refractivity contribution < 1.29 is 38.7 Å². The van der Waals surface area contributed by atoms with Crippen molar-refractivity contribution in [3.8, 4) is 17.2 Å². The number of halogens is 1. The Morgan fingerprint density at radius 1 is 0.655 bits per heavy atom. The number of carbonyl (C=O) groups excluding carboxylic acids is 2. The molecule has 0 radical (unpaired) electrons. The van der Waals surface area contributed by atoms with Crippen LogP contribution in [0.4, 0.5) is 9.59 Å². The minimum absolute atomic E-state index is 0. The maximum absolute atomic E-state index is 11.9. The van der Waals surface area contributed by atoms with Gasteiger partial charge in [-0.3, -0.25) is 15.0 Å². The van der Waals surface area contributed by atoms with Gasteiger partial charge in [-0.1, -0.05) is 0 Å². The highest BCUT2D eigenvalue weighted by molar-refractivity contribution is 5.85. The lowest BCUT2D eigenvalue weighted by Crippen LogP contribution is -2.44. The fraction of sp³-hybridized carbons (Fsp3) is 0.575. The summed E-state index contributed by atoms with van der Waals surface area (Å²) in [6.07, 6.45) is 14.8. The number of ether oxygens (including phenoxy) is 4. The SMILES string of the molecule is CC(C)(C)OC(=O)N1CCC(O)CC1.CC(C)(C)OC(=O)N1CCC(Oc2cccnc2)CC1.Cl.Oc1cccnc1.c1cncc(OC2CCNCC2)c1. The minimum Gasteiger partial charge on any atom is -0.506 e. The molecule has 3 aromatic heterocycles. The van der Waals surface area contributed by atoms with Gasteiger partial charge < -0.3 is 44.3 Å². The average Bonchev–Trinajstić information content (AvgIpc) is 3.13. The van der Waals surface area contributed by atoms with Crippen molar-refractivity contribution in [2.24, 2.45) is 0 Å². The number of nitrogens with one attached hydrogen (secondary N) is 1. The Hall–Kier alpha value is -4.40. The number of amides is 2. The zero-order valence-corrected chi connectivity index (χ0v) is 34.0. The number of aromatic hydroxyl groups is 1. The Labute approximate surface area is 332 Å². The number of aliphatic hydroxyl groups excluding tert-OH is 1. The lowest BCUT2D eigenvalue weighted by molar-refractivity contribution is 0.00959. The number of aromatic nitrogens is 3. The van der Waals surface area contributed by atoms with E-state index in [1.54, 1.807) is 52.9 Å². The van der Waals surface area contributed by atoms with E-state index < -0.39 is 11.2 Å². The van der Waals surface area contributed by atoms with E-state index in [-0.39, 0.29) is 42.6 Å². The lowest BCUT2D eigenvalue weighted by Gasteiger charge is -2.33. The molecule has 15 heteroatoms. The summed E-state index contributed by atoms with van der Waals surface area (Å²) in [5, 5.41) is 21.1. The summed E-state index contributed by atoms with van der Waals surface area (Å²) in [5.74, 6) is 1.88. The second kappa shape index (κ2) is 24.2. The van der Waals surface area contributed by atoms with Crippen LogP contribution in [0.25, 0.3) is 0 Å². The van der Waals surface area contributed by atoms with Crippen LogP contribution in [0.2, 0.25) is 0 Å². The standard InChI is InChI=1S/C15H22N2O3.C10H14N2O.C10H19NO3.C5H5NO.ClH/c1-15(2,3)20-14(18)17-9-6-12(7-10-17)19-13-5-4-8-16-11-13;1-2-10(8-12-5-1)13-9-3-6-11-7-4-9;1-10(2,3)14-9(13)11-6-4-8(12)5-7-11;7-5-2-1-3-6-4-5;/h4-5,8,11-12H,6-7,9-10H2,1-3H3;1-2,5,8-9,11H,3-4,6-7H2;8,12H,4-7H2,1-3H3;1-4,7H;1H. The van der Waals surface area contributed by atoms with Gasteiger partial charge in [0.25, 0.3) is 0 Å². The predicted molar refractivity (Wildman–Crippen MR) is 213 cm³/mol. The maximum Gasteiger partial charge on any atom is 0.410 e. The molecular formula is C40H61ClN6O8. The molecule has 0 bridgehead atoms. The first-order valence-electron chi connectivity index (χ1n) is 18.7. The number of likely N-dealkylation sites (tertiary alicyclic amines) is 2. The second-order valence-corrected chi connectivity index (χ2v) is 15.1. The molecule has 0 spiro atoms. The molecule has 0 unspecified atom stereocenters. The van der Waals surface area contributed by atoms with Crippen LogP contribution in [0.5, 0.6) is 17.2 Å². The molecule has 0 aliphatic carbocycles. The van der Waals surface area contributed by atoms with Crippen LogP contribution in [-0.4, -0.2) is 116 Å². The van der Waals surface area contributed by atoms with E-state index in [0.29, 0.717) is 45.1 Å². The number of piperidine rings is 3. The zero-order chi connectivity index (χ0) is 39.4. The normalized spacial score (nSPS) is 16.6. The van der Waals surface area contributed by atoms with Gasteiger partial charge >= 0.3 is 12.2 Å². The molecule has 0 atom stereocenters. The fourth-order valence-electron chi connectivity index (χ4n) is 5.34. The summed E-state index contributed by atoms with van der Waals surface area (Å²) in [6.45, 7) is 15.8. The molecule has 3 saturated heterocycles. The molecule has 3 aliphatic heterocycles. The van der Waals surface area contributed by atoms with Gasteiger partial charge in [-0.2, -0.15) is 0 Å². The summed E-state index contributed by atoms with van der Waals surface area (Å²) in [7, 11) is 0. The van der Waals surface area contributed by atoms with E-state index in [0.717, 1.165) is 50.3 Å². The van der Waals surface area contributed by atoms with Crippen LogP contribution < -0.4 is 14.8 Å². The Morgan fingerprint density at radius 2 is 1.05 bits per heavy atom. The Kier molecular flexibility index (Phi) is 20.6. The maximum atomic E-state index is 11.9. The van der Waals surface area contributed by atoms with E-state index in [4.69, 9.17) is 24.1 Å². The first-order valence-corrected chi connectivity index (χ1v) is 18.7. The second-order valence-electron chi connectivity index (χ2n) is 15.1. The van der Waals surface area contributed by atoms with Gasteiger partial charge in [0.1, 0.15) is 40.7 Å². The number of pyridine rings is 3. The van der Waals surface area contributed by atoms with Crippen molar-refractivity contribution in [2.75, 3.05) is 39.3 Å². The van der Waals surface area contributed by atoms with Crippen LogP contribution >= 0.6 is 12.4 Å². The number of rotatable bonds is 4. The number of hydrogen-bond acceptors (Lipinski definition) is 12. The first-order chi connectivity index (χ1) is 25.7. The summed E-state index contributed by atoms with van der Waals surface area (Å²) in [5.41, 5.74) is -0.882. The molecule has 3 aromatic rings. The molecule has 306 valence electrons. The van der Waals surface area contributed by atoms with Crippen LogP contribution in [-0.2, 0) is 9.47 Å². The first kappa shape index (κ1) is 46.8. The highest BCUT2D eigenvalue weighted by Gasteiger charge is 2.28. The lowest BCUT2D eigenvalue weighted by atomic mass is 10.1. The average molecular weight is 789 g/mol. The van der Waals surface area contributed by atoms with E-state index in [2.05, 4.69) is 20.3 Å². The third kappa shape index (κ3) is 20.7. The van der Waals surface area contributed by atoms with Crippen molar-refractivity contribution in [1.29, 1.82) is 0 Å². The number of aliphatic hydroxyl groups is 1. The van der Waals surface area contributed by atoms with E-state index in [9.17, 15) is 14.7 Å². The van der Waals surface area contributed by atoms with Crippen LogP contribution in [0.1, 0.15) is 80.1 Å². The smallest absolute Gasteiger partial charge is 0.410 e. The molecule has 3 N–H and O–H groups in total. The van der Waals surface area contributed by atoms with Crippen LogP contribution in [0.3, 0.4) is 0 Å². The number of carbonyl (C=O) groups is 2. The molecule has 3 aliphatic rings. The summed E-state index contributed by atoms with van der Waals surface area (Å²) >= 11 is 0. The van der Waals surface area contributed by atoms with Gasteiger partial charge in [0.2, 0.25) is 0 Å². The minimum atomic E-state index is -0.444. The Balaban J connectivity index is 0.000000265. The summed E-state index contributed by atoms with van der Waals surface area (Å²) < 4.78 is 22.2. The molecule has 55 heavy (non-hydrogen) atoms. The van der Waals surface area contributed by atoms with E-state index in [1.807, 2.05) is 65.8 Å². The van der Waals surface area contributed by atoms with Gasteiger partial charge in [-0.15, -0.1) is 12.4 Å². The van der Waals surface area contributed by atoms with Crippen molar-refractivity contribution in [3.05, 3.63) is 73.6 Å². The van der Waals surface area contributed by atoms with E-state index >= 15 is 0 Å². The van der Waals surface area contributed by atoms with Gasteiger partial charge in [0.15, 0.2) is 0 Å². The quantitative estimate of drug-likeness (QED) is 0.258. The molecule has 2 amide bonds. The summed E-state index contributed by atoms with van der Waals surface area (Å²) in [6, 6.07) is 10.9. The van der Waals surface area contributed by atoms with Gasteiger partial charge in [-0.05, 0) is 117 Å². The third-order valence-corrected chi connectivity index (χ3v) is 8.02. The van der Waals surface area contributed by atoms with Gasteiger partial charge in [0.05, 0.1) is 24.7 Å². The number of nitrogens with zero attached hydrogens (tertiary/aromatic N) is 5. The van der Waals surface area contributed by atoms with Crippen molar-refractivity contribution in [2.45, 2.75) is 110 Å². The Bertz CT molecular complexity index is 1460. The highest BCUT2D eigenvalue weighted by Crippen LogP contribution is 2.20. The van der Waals surface area contributed by atoms with Crippen molar-refractivity contribution in [1.82, 2.24) is 30.1 Å².